The van der Waals surface area contributed by atoms with Gasteiger partial charge in [-0.1, -0.05) is 0 Å². The first-order chi connectivity index (χ1) is 6.71. The molecule has 0 aromatic carbocycles. The van der Waals surface area contributed by atoms with E-state index < -0.39 is 5.54 Å². The minimum Gasteiger partial charge on any atom is -0.365 e. The second kappa shape index (κ2) is 3.46. The zero-order chi connectivity index (χ0) is 10.0. The summed E-state index contributed by atoms with van der Waals surface area (Å²) in [5.74, 6) is -0.0101. The Morgan fingerprint density at radius 3 is 3.00 bits per heavy atom. The van der Waals surface area contributed by atoms with E-state index >= 15 is 0 Å². The fourth-order valence-corrected chi connectivity index (χ4v) is 1.37. The zero-order valence-electron chi connectivity index (χ0n) is 8.05. The largest absolute Gasteiger partial charge is 0.365 e. The van der Waals surface area contributed by atoms with Crippen molar-refractivity contribution < 1.29 is 4.79 Å². The maximum absolute atomic E-state index is 11.4. The van der Waals surface area contributed by atoms with Gasteiger partial charge in [0.1, 0.15) is 0 Å². The molecule has 1 heterocycles. The summed E-state index contributed by atoms with van der Waals surface area (Å²) in [4.78, 5) is 14.5. The van der Waals surface area contributed by atoms with Crippen molar-refractivity contribution >= 4 is 5.91 Å². The monoisotopic (exact) mass is 193 g/mol. The summed E-state index contributed by atoms with van der Waals surface area (Å²) in [5, 5.41) is 2.84. The SMILES string of the molecule is NC1(C(=O)NCCc2ccc[nH]2)CC1. The second-order valence-electron chi connectivity index (χ2n) is 3.86. The number of aromatic amines is 1. The minimum atomic E-state index is -0.546. The van der Waals surface area contributed by atoms with Gasteiger partial charge in [-0.05, 0) is 25.0 Å². The van der Waals surface area contributed by atoms with Crippen LogP contribution in [0.1, 0.15) is 18.5 Å². The van der Waals surface area contributed by atoms with Crippen molar-refractivity contribution in [3.8, 4) is 0 Å². The van der Waals surface area contributed by atoms with Gasteiger partial charge in [-0.25, -0.2) is 0 Å². The lowest BCUT2D eigenvalue weighted by atomic mass is 10.2. The molecule has 2 rings (SSSR count). The third-order valence-corrected chi connectivity index (χ3v) is 2.58. The Morgan fingerprint density at radius 2 is 2.43 bits per heavy atom. The molecule has 1 fully saturated rings. The molecule has 0 aliphatic heterocycles. The molecule has 1 aliphatic carbocycles. The molecule has 0 spiro atoms. The molecule has 1 saturated carbocycles. The average Bonchev–Trinajstić information content (AvgIpc) is 2.73. The fraction of sp³-hybridized carbons (Fsp3) is 0.500. The summed E-state index contributed by atoms with van der Waals surface area (Å²) in [6.45, 7) is 0.651. The van der Waals surface area contributed by atoms with Crippen LogP contribution in [-0.4, -0.2) is 23.0 Å². The van der Waals surface area contributed by atoms with Crippen LogP contribution in [0.5, 0.6) is 0 Å². The van der Waals surface area contributed by atoms with Crippen LogP contribution in [0.4, 0.5) is 0 Å². The first-order valence-electron chi connectivity index (χ1n) is 4.90. The molecule has 4 heteroatoms. The summed E-state index contributed by atoms with van der Waals surface area (Å²) in [5.41, 5.74) is 6.32. The van der Waals surface area contributed by atoms with Gasteiger partial charge in [0.25, 0.3) is 0 Å². The third-order valence-electron chi connectivity index (χ3n) is 2.58. The second-order valence-corrected chi connectivity index (χ2v) is 3.86. The van der Waals surface area contributed by atoms with Crippen LogP contribution >= 0.6 is 0 Å². The van der Waals surface area contributed by atoms with Gasteiger partial charge >= 0.3 is 0 Å². The van der Waals surface area contributed by atoms with E-state index in [1.165, 1.54) is 0 Å². The third kappa shape index (κ3) is 1.96. The molecule has 4 N–H and O–H groups in total. The van der Waals surface area contributed by atoms with Gasteiger partial charge in [-0.3, -0.25) is 4.79 Å². The van der Waals surface area contributed by atoms with E-state index in [0.717, 1.165) is 25.0 Å². The first kappa shape index (κ1) is 9.27. The van der Waals surface area contributed by atoms with Crippen molar-refractivity contribution in [1.82, 2.24) is 10.3 Å². The molecular weight excluding hydrogens is 178 g/mol. The first-order valence-corrected chi connectivity index (χ1v) is 4.90. The molecule has 0 radical (unpaired) electrons. The molecule has 0 saturated heterocycles. The summed E-state index contributed by atoms with van der Waals surface area (Å²) < 4.78 is 0. The molecule has 4 nitrogen and oxygen atoms in total. The lowest BCUT2D eigenvalue weighted by Crippen LogP contribution is -2.43. The number of carbonyl (C=O) groups is 1. The Morgan fingerprint density at radius 1 is 1.64 bits per heavy atom. The van der Waals surface area contributed by atoms with Crippen molar-refractivity contribution in [1.29, 1.82) is 0 Å². The molecule has 76 valence electrons. The highest BCUT2D eigenvalue weighted by molar-refractivity contribution is 5.88. The molecule has 0 unspecified atom stereocenters. The minimum absolute atomic E-state index is 0.0101. The van der Waals surface area contributed by atoms with Gasteiger partial charge in [-0.2, -0.15) is 0 Å². The van der Waals surface area contributed by atoms with Crippen molar-refractivity contribution in [2.75, 3.05) is 6.54 Å². The van der Waals surface area contributed by atoms with E-state index in [1.807, 2.05) is 18.3 Å². The van der Waals surface area contributed by atoms with Gasteiger partial charge < -0.3 is 16.0 Å². The Labute approximate surface area is 82.9 Å². The van der Waals surface area contributed by atoms with Crippen LogP contribution in [0.2, 0.25) is 0 Å². The highest BCUT2D eigenvalue weighted by atomic mass is 16.2. The molecule has 1 aliphatic rings. The van der Waals surface area contributed by atoms with Crippen LogP contribution < -0.4 is 11.1 Å². The van der Waals surface area contributed by atoms with Crippen molar-refractivity contribution in [3.63, 3.8) is 0 Å². The number of rotatable bonds is 4. The Balaban J connectivity index is 1.71. The number of amides is 1. The lowest BCUT2D eigenvalue weighted by molar-refractivity contribution is -0.123. The van der Waals surface area contributed by atoms with Crippen molar-refractivity contribution in [2.45, 2.75) is 24.8 Å². The summed E-state index contributed by atoms with van der Waals surface area (Å²) in [6, 6.07) is 3.95. The summed E-state index contributed by atoms with van der Waals surface area (Å²) in [6.07, 6.45) is 4.35. The molecule has 1 amide bonds. The van der Waals surface area contributed by atoms with E-state index in [4.69, 9.17) is 5.73 Å². The smallest absolute Gasteiger partial charge is 0.240 e. The quantitative estimate of drug-likeness (QED) is 0.637. The number of hydrogen-bond donors (Lipinski definition) is 3. The molecule has 1 aromatic heterocycles. The molecule has 0 bridgehead atoms. The Kier molecular flexibility index (Phi) is 2.29. The maximum Gasteiger partial charge on any atom is 0.240 e. The highest BCUT2D eigenvalue weighted by Gasteiger charge is 2.45. The van der Waals surface area contributed by atoms with Crippen LogP contribution in [-0.2, 0) is 11.2 Å². The number of nitrogens with one attached hydrogen (secondary N) is 2. The maximum atomic E-state index is 11.4. The normalized spacial score (nSPS) is 17.8. The molecular formula is C10H15N3O. The van der Waals surface area contributed by atoms with Gasteiger partial charge in [0.2, 0.25) is 5.91 Å². The van der Waals surface area contributed by atoms with Crippen LogP contribution in [0.25, 0.3) is 0 Å². The van der Waals surface area contributed by atoms with E-state index in [9.17, 15) is 4.79 Å². The van der Waals surface area contributed by atoms with Crippen molar-refractivity contribution in [3.05, 3.63) is 24.0 Å². The molecule has 14 heavy (non-hydrogen) atoms. The summed E-state index contributed by atoms with van der Waals surface area (Å²) in [7, 11) is 0. The average molecular weight is 193 g/mol. The number of H-pyrrole nitrogens is 1. The lowest BCUT2D eigenvalue weighted by Gasteiger charge is -2.08. The standard InChI is InChI=1S/C10H15N3O/c11-10(4-5-10)9(14)13-7-3-8-2-1-6-12-8/h1-2,6,12H,3-5,7,11H2,(H,13,14). The van der Waals surface area contributed by atoms with E-state index in [0.29, 0.717) is 6.54 Å². The number of aromatic nitrogens is 1. The number of hydrogen-bond acceptors (Lipinski definition) is 2. The Hall–Kier alpha value is -1.29. The van der Waals surface area contributed by atoms with Gasteiger partial charge in [0.05, 0.1) is 5.54 Å². The summed E-state index contributed by atoms with van der Waals surface area (Å²) >= 11 is 0. The molecule has 1 aromatic rings. The molecule has 0 atom stereocenters. The predicted molar refractivity (Wildman–Crippen MR) is 53.7 cm³/mol. The Bertz CT molecular complexity index is 314. The van der Waals surface area contributed by atoms with Crippen LogP contribution in [0.15, 0.2) is 18.3 Å². The van der Waals surface area contributed by atoms with E-state index in [1.54, 1.807) is 0 Å². The van der Waals surface area contributed by atoms with Gasteiger partial charge in [0.15, 0.2) is 0 Å². The van der Waals surface area contributed by atoms with Crippen LogP contribution in [0, 0.1) is 0 Å². The number of carbonyl (C=O) groups excluding carboxylic acids is 1. The van der Waals surface area contributed by atoms with E-state index in [2.05, 4.69) is 10.3 Å². The van der Waals surface area contributed by atoms with Gasteiger partial charge in [-0.15, -0.1) is 0 Å². The zero-order valence-corrected chi connectivity index (χ0v) is 8.05. The fourth-order valence-electron chi connectivity index (χ4n) is 1.37. The van der Waals surface area contributed by atoms with Gasteiger partial charge in [0, 0.05) is 24.9 Å². The topological polar surface area (TPSA) is 70.9 Å². The van der Waals surface area contributed by atoms with E-state index in [-0.39, 0.29) is 5.91 Å². The highest BCUT2D eigenvalue weighted by Crippen LogP contribution is 2.31. The van der Waals surface area contributed by atoms with Crippen LogP contribution in [0.3, 0.4) is 0 Å². The number of nitrogens with two attached hydrogens (primary N) is 1. The van der Waals surface area contributed by atoms with Crippen molar-refractivity contribution in [2.24, 2.45) is 5.73 Å². The predicted octanol–water partition coefficient (Wildman–Crippen LogP) is 0.165.